The number of phenols is 1. The number of ketones is 1. The summed E-state index contributed by atoms with van der Waals surface area (Å²) in [7, 11) is 2.13. The van der Waals surface area contributed by atoms with Crippen LogP contribution < -0.4 is 0 Å². The second kappa shape index (κ2) is 7.51. The summed E-state index contributed by atoms with van der Waals surface area (Å²) in [5, 5.41) is 12.8. The van der Waals surface area contributed by atoms with Gasteiger partial charge in [0.2, 0.25) is 5.78 Å². The summed E-state index contributed by atoms with van der Waals surface area (Å²) in [6.07, 6.45) is 0. The van der Waals surface area contributed by atoms with Gasteiger partial charge < -0.3 is 10.0 Å². The minimum absolute atomic E-state index is 0.0325. The summed E-state index contributed by atoms with van der Waals surface area (Å²) < 4.78 is 0. The van der Waals surface area contributed by atoms with Crippen LogP contribution in [-0.4, -0.2) is 53.9 Å². The van der Waals surface area contributed by atoms with E-state index in [9.17, 15) is 9.90 Å². The van der Waals surface area contributed by atoms with E-state index in [1.54, 1.807) is 0 Å². The standard InChI is InChI=1S/C21H28N2O2S/c1-21(2,3)17-13-15(20(25)18-6-5-11-26-18)12-16(19(17)24)14-23-9-7-22(4)8-10-23/h5-6,11-13,24H,7-10,14H2,1-4H3. The Morgan fingerprint density at radius 3 is 2.46 bits per heavy atom. The summed E-state index contributed by atoms with van der Waals surface area (Å²) in [5.74, 6) is 0.365. The highest BCUT2D eigenvalue weighted by atomic mass is 32.1. The number of rotatable bonds is 4. The lowest BCUT2D eigenvalue weighted by molar-refractivity contribution is 0.104. The molecule has 1 N–H and O–H groups in total. The van der Waals surface area contributed by atoms with Gasteiger partial charge in [0.15, 0.2) is 0 Å². The second-order valence-electron chi connectivity index (χ2n) is 8.17. The number of carbonyl (C=O) groups excluding carboxylic acids is 1. The highest BCUT2D eigenvalue weighted by Crippen LogP contribution is 2.36. The molecule has 3 rings (SSSR count). The van der Waals surface area contributed by atoms with E-state index in [0.717, 1.165) is 42.2 Å². The highest BCUT2D eigenvalue weighted by molar-refractivity contribution is 7.12. The number of carbonyl (C=O) groups is 1. The van der Waals surface area contributed by atoms with Crippen molar-refractivity contribution >= 4 is 17.1 Å². The molecule has 0 unspecified atom stereocenters. The lowest BCUT2D eigenvalue weighted by Crippen LogP contribution is -2.43. The van der Waals surface area contributed by atoms with Crippen LogP contribution >= 0.6 is 11.3 Å². The Balaban J connectivity index is 1.97. The van der Waals surface area contributed by atoms with E-state index in [2.05, 4.69) is 37.6 Å². The van der Waals surface area contributed by atoms with E-state index in [-0.39, 0.29) is 11.2 Å². The van der Waals surface area contributed by atoms with Crippen molar-refractivity contribution in [3.63, 3.8) is 0 Å². The van der Waals surface area contributed by atoms with Gasteiger partial charge in [0.1, 0.15) is 5.75 Å². The fourth-order valence-electron chi connectivity index (χ4n) is 3.31. The molecular weight excluding hydrogens is 344 g/mol. The van der Waals surface area contributed by atoms with E-state index in [4.69, 9.17) is 0 Å². The molecule has 140 valence electrons. The first-order valence-electron chi connectivity index (χ1n) is 9.11. The Bertz CT molecular complexity index is 770. The zero-order valence-corrected chi connectivity index (χ0v) is 16.9. The van der Waals surface area contributed by atoms with Crippen LogP contribution in [0.25, 0.3) is 0 Å². The van der Waals surface area contributed by atoms with Crippen molar-refractivity contribution in [1.29, 1.82) is 0 Å². The third-order valence-corrected chi connectivity index (χ3v) is 5.86. The summed E-state index contributed by atoms with van der Waals surface area (Å²) >= 11 is 1.46. The van der Waals surface area contributed by atoms with Gasteiger partial charge in [-0.3, -0.25) is 9.69 Å². The molecule has 1 saturated heterocycles. The van der Waals surface area contributed by atoms with E-state index < -0.39 is 0 Å². The molecule has 0 aliphatic carbocycles. The minimum Gasteiger partial charge on any atom is -0.507 e. The van der Waals surface area contributed by atoms with E-state index in [1.165, 1.54) is 11.3 Å². The average Bonchev–Trinajstić information content (AvgIpc) is 3.11. The fraction of sp³-hybridized carbons (Fsp3) is 0.476. The number of piperazine rings is 1. The molecule has 2 heterocycles. The van der Waals surface area contributed by atoms with Crippen molar-refractivity contribution in [2.75, 3.05) is 33.2 Å². The monoisotopic (exact) mass is 372 g/mol. The van der Waals surface area contributed by atoms with Crippen molar-refractivity contribution in [3.8, 4) is 5.75 Å². The molecule has 1 aliphatic heterocycles. The van der Waals surface area contributed by atoms with Crippen LogP contribution in [0, 0.1) is 0 Å². The first kappa shape index (κ1) is 19.1. The lowest BCUT2D eigenvalue weighted by atomic mass is 9.83. The highest BCUT2D eigenvalue weighted by Gasteiger charge is 2.25. The Morgan fingerprint density at radius 1 is 1.19 bits per heavy atom. The first-order chi connectivity index (χ1) is 12.3. The summed E-state index contributed by atoms with van der Waals surface area (Å²) in [4.78, 5) is 18.3. The van der Waals surface area contributed by atoms with Crippen molar-refractivity contribution in [2.45, 2.75) is 32.7 Å². The van der Waals surface area contributed by atoms with Crippen molar-refractivity contribution in [3.05, 3.63) is 51.2 Å². The Hall–Kier alpha value is -1.69. The van der Waals surface area contributed by atoms with Gasteiger partial charge in [-0.15, -0.1) is 11.3 Å². The maximum absolute atomic E-state index is 12.9. The molecule has 0 saturated carbocycles. The molecule has 5 heteroatoms. The average molecular weight is 373 g/mol. The molecule has 0 spiro atoms. The Kier molecular flexibility index (Phi) is 5.51. The van der Waals surface area contributed by atoms with Gasteiger partial charge in [-0.05, 0) is 36.0 Å². The Labute approximate surface area is 160 Å². The molecule has 4 nitrogen and oxygen atoms in total. The van der Waals surface area contributed by atoms with Crippen LogP contribution in [0.3, 0.4) is 0 Å². The molecule has 26 heavy (non-hydrogen) atoms. The van der Waals surface area contributed by atoms with Gasteiger partial charge in [0.05, 0.1) is 4.88 Å². The zero-order valence-electron chi connectivity index (χ0n) is 16.1. The van der Waals surface area contributed by atoms with E-state index in [0.29, 0.717) is 17.9 Å². The normalized spacial score (nSPS) is 16.8. The molecule has 1 aromatic heterocycles. The van der Waals surface area contributed by atoms with Crippen molar-refractivity contribution in [1.82, 2.24) is 9.80 Å². The number of benzene rings is 1. The summed E-state index contributed by atoms with van der Waals surface area (Å²) in [5.41, 5.74) is 2.12. The molecule has 0 atom stereocenters. The van der Waals surface area contributed by atoms with Crippen LogP contribution in [0.1, 0.15) is 47.1 Å². The molecule has 0 amide bonds. The molecule has 1 aliphatic rings. The number of nitrogens with zero attached hydrogens (tertiary/aromatic N) is 2. The minimum atomic E-state index is -0.229. The quantitative estimate of drug-likeness (QED) is 0.831. The van der Waals surface area contributed by atoms with Crippen LogP contribution in [-0.2, 0) is 12.0 Å². The first-order valence-corrected chi connectivity index (χ1v) is 9.99. The van der Waals surface area contributed by atoms with Crippen LogP contribution in [0.4, 0.5) is 0 Å². The van der Waals surface area contributed by atoms with Gasteiger partial charge in [-0.25, -0.2) is 0 Å². The van der Waals surface area contributed by atoms with Gasteiger partial charge in [0.25, 0.3) is 0 Å². The number of likely N-dealkylation sites (N-methyl/N-ethyl adjacent to an activating group) is 1. The second-order valence-corrected chi connectivity index (χ2v) is 9.12. The van der Waals surface area contributed by atoms with Gasteiger partial charge in [0, 0.05) is 49.4 Å². The number of hydrogen-bond donors (Lipinski definition) is 1. The summed E-state index contributed by atoms with van der Waals surface area (Å²) in [6.45, 7) is 10.9. The summed E-state index contributed by atoms with van der Waals surface area (Å²) in [6, 6.07) is 7.50. The predicted octanol–water partition coefficient (Wildman–Crippen LogP) is 3.73. The maximum atomic E-state index is 12.9. The molecule has 0 radical (unpaired) electrons. The number of aromatic hydroxyl groups is 1. The Morgan fingerprint density at radius 2 is 1.88 bits per heavy atom. The number of phenolic OH excluding ortho intramolecular Hbond substituents is 1. The lowest BCUT2D eigenvalue weighted by Gasteiger charge is -2.33. The SMILES string of the molecule is CN1CCN(Cc2cc(C(=O)c3cccs3)cc(C(C)(C)C)c2O)CC1. The van der Waals surface area contributed by atoms with Gasteiger partial charge >= 0.3 is 0 Å². The van der Waals surface area contributed by atoms with Crippen molar-refractivity contribution in [2.24, 2.45) is 0 Å². The largest absolute Gasteiger partial charge is 0.507 e. The van der Waals surface area contributed by atoms with Gasteiger partial charge in [-0.2, -0.15) is 0 Å². The molecular formula is C21H28N2O2S. The third-order valence-electron chi connectivity index (χ3n) is 4.99. The number of hydrogen-bond acceptors (Lipinski definition) is 5. The molecule has 2 aromatic rings. The topological polar surface area (TPSA) is 43.8 Å². The number of thiophene rings is 1. The predicted molar refractivity (Wildman–Crippen MR) is 107 cm³/mol. The van der Waals surface area contributed by atoms with Crippen LogP contribution in [0.5, 0.6) is 5.75 Å². The zero-order chi connectivity index (χ0) is 18.9. The maximum Gasteiger partial charge on any atom is 0.202 e. The van der Waals surface area contributed by atoms with E-state index >= 15 is 0 Å². The smallest absolute Gasteiger partial charge is 0.202 e. The van der Waals surface area contributed by atoms with Crippen molar-refractivity contribution < 1.29 is 9.90 Å². The van der Waals surface area contributed by atoms with Crippen LogP contribution in [0.2, 0.25) is 0 Å². The van der Waals surface area contributed by atoms with E-state index in [1.807, 2.05) is 29.6 Å². The molecule has 0 bridgehead atoms. The molecule has 1 fully saturated rings. The third kappa shape index (κ3) is 4.17. The molecule has 1 aromatic carbocycles. The van der Waals surface area contributed by atoms with Crippen LogP contribution in [0.15, 0.2) is 29.6 Å². The van der Waals surface area contributed by atoms with Gasteiger partial charge in [-0.1, -0.05) is 26.8 Å². The fourth-order valence-corrected chi connectivity index (χ4v) is 4.00.